The van der Waals surface area contributed by atoms with Crippen LogP contribution in [0.1, 0.15) is 31.4 Å². The smallest absolute Gasteiger partial charge is 0.408 e. The minimum Gasteiger partial charge on any atom is -0.480 e. The highest BCUT2D eigenvalue weighted by Crippen LogP contribution is 2.07. The Morgan fingerprint density at radius 2 is 1.58 bits per heavy atom. The Labute approximate surface area is 182 Å². The van der Waals surface area contributed by atoms with E-state index in [9.17, 15) is 19.5 Å². The van der Waals surface area contributed by atoms with Gasteiger partial charge in [-0.05, 0) is 23.5 Å². The molecule has 0 fully saturated rings. The zero-order valence-corrected chi connectivity index (χ0v) is 17.7. The van der Waals surface area contributed by atoms with Crippen LogP contribution in [0.15, 0.2) is 66.7 Å². The molecule has 2 rings (SSSR count). The highest BCUT2D eigenvalue weighted by molar-refractivity contribution is 5.89. The lowest BCUT2D eigenvalue weighted by Gasteiger charge is -2.23. The molecule has 7 nitrogen and oxygen atoms in total. The fourth-order valence-corrected chi connectivity index (χ4v) is 2.81. The van der Waals surface area contributed by atoms with Crippen LogP contribution in [0.5, 0.6) is 0 Å². The summed E-state index contributed by atoms with van der Waals surface area (Å²) in [7, 11) is 0. The topological polar surface area (TPSA) is 105 Å². The number of ether oxygens (including phenoxy) is 1. The van der Waals surface area contributed by atoms with Gasteiger partial charge in [-0.3, -0.25) is 4.79 Å². The number of carbonyl (C=O) groups is 3. The molecule has 31 heavy (non-hydrogen) atoms. The number of rotatable bonds is 10. The van der Waals surface area contributed by atoms with Gasteiger partial charge in [0.2, 0.25) is 5.91 Å². The largest absolute Gasteiger partial charge is 0.480 e. The van der Waals surface area contributed by atoms with Crippen molar-refractivity contribution in [3.05, 3.63) is 77.9 Å². The quantitative estimate of drug-likeness (QED) is 0.540. The molecule has 164 valence electrons. The summed E-state index contributed by atoms with van der Waals surface area (Å²) in [5.41, 5.74) is 1.75. The van der Waals surface area contributed by atoms with E-state index in [0.717, 1.165) is 11.1 Å². The first-order chi connectivity index (χ1) is 14.9. The Kier molecular flexibility index (Phi) is 9.29. The molecule has 0 unspecified atom stereocenters. The van der Waals surface area contributed by atoms with Gasteiger partial charge in [-0.15, -0.1) is 0 Å². The Morgan fingerprint density at radius 1 is 0.968 bits per heavy atom. The predicted octanol–water partition coefficient (Wildman–Crippen LogP) is 3.61. The van der Waals surface area contributed by atoms with E-state index in [1.807, 2.05) is 60.7 Å². The first-order valence-corrected chi connectivity index (χ1v) is 10.1. The highest BCUT2D eigenvalue weighted by Gasteiger charge is 2.28. The second-order valence-corrected chi connectivity index (χ2v) is 7.38. The highest BCUT2D eigenvalue weighted by atomic mass is 16.5. The summed E-state index contributed by atoms with van der Waals surface area (Å²) < 4.78 is 5.17. The number of benzene rings is 2. The molecule has 0 saturated heterocycles. The number of hydrogen-bond donors (Lipinski definition) is 3. The molecule has 3 N–H and O–H groups in total. The zero-order valence-electron chi connectivity index (χ0n) is 17.7. The Morgan fingerprint density at radius 3 is 2.16 bits per heavy atom. The molecule has 0 spiro atoms. The van der Waals surface area contributed by atoms with E-state index in [2.05, 4.69) is 10.6 Å². The molecule has 0 aromatic heterocycles. The molecule has 0 radical (unpaired) electrons. The fourth-order valence-electron chi connectivity index (χ4n) is 2.81. The van der Waals surface area contributed by atoms with Gasteiger partial charge < -0.3 is 20.5 Å². The molecule has 7 heteroatoms. The van der Waals surface area contributed by atoms with Crippen molar-refractivity contribution in [3.8, 4) is 0 Å². The van der Waals surface area contributed by atoms with Crippen LogP contribution in [-0.4, -0.2) is 35.2 Å². The lowest BCUT2D eigenvalue weighted by atomic mass is 10.0. The van der Waals surface area contributed by atoms with Gasteiger partial charge in [-0.25, -0.2) is 9.59 Å². The van der Waals surface area contributed by atoms with Crippen molar-refractivity contribution in [2.24, 2.45) is 5.92 Å². The summed E-state index contributed by atoms with van der Waals surface area (Å²) in [6.07, 6.45) is 2.86. The third-order valence-corrected chi connectivity index (χ3v) is 4.53. The van der Waals surface area contributed by atoms with Crippen molar-refractivity contribution < 1.29 is 24.2 Å². The van der Waals surface area contributed by atoms with Crippen molar-refractivity contribution in [3.63, 3.8) is 0 Å². The van der Waals surface area contributed by atoms with E-state index in [0.29, 0.717) is 0 Å². The van der Waals surface area contributed by atoms with Gasteiger partial charge in [0.05, 0.1) is 0 Å². The predicted molar refractivity (Wildman–Crippen MR) is 118 cm³/mol. The van der Waals surface area contributed by atoms with Gasteiger partial charge in [-0.2, -0.15) is 0 Å². The van der Waals surface area contributed by atoms with Crippen LogP contribution >= 0.6 is 0 Å². The van der Waals surface area contributed by atoms with Gasteiger partial charge in [0, 0.05) is 0 Å². The molecular formula is C24H28N2O5. The lowest BCUT2D eigenvalue weighted by molar-refractivity contribution is -0.142. The molecule has 2 aromatic rings. The number of alkyl carbamates (subject to hydrolysis) is 1. The Balaban J connectivity index is 1.92. The average Bonchev–Trinajstić information content (AvgIpc) is 2.76. The molecule has 2 atom stereocenters. The van der Waals surface area contributed by atoms with Crippen molar-refractivity contribution >= 4 is 24.0 Å². The van der Waals surface area contributed by atoms with Crippen LogP contribution < -0.4 is 10.6 Å². The first kappa shape index (κ1) is 23.7. The average molecular weight is 424 g/mol. The van der Waals surface area contributed by atoms with Gasteiger partial charge in [0.25, 0.3) is 0 Å². The molecule has 2 aromatic carbocycles. The fraction of sp³-hybridized carbons (Fsp3) is 0.292. The maximum absolute atomic E-state index is 12.7. The van der Waals surface area contributed by atoms with Gasteiger partial charge in [-0.1, -0.05) is 86.7 Å². The summed E-state index contributed by atoms with van der Waals surface area (Å²) in [6, 6.07) is 16.6. The molecule has 0 bridgehead atoms. The number of aliphatic carboxylic acids is 1. The van der Waals surface area contributed by atoms with E-state index in [-0.39, 0.29) is 18.9 Å². The molecule has 2 amide bonds. The van der Waals surface area contributed by atoms with Crippen LogP contribution in [-0.2, 0) is 20.9 Å². The monoisotopic (exact) mass is 424 g/mol. The summed E-state index contributed by atoms with van der Waals surface area (Å²) >= 11 is 0. The van der Waals surface area contributed by atoms with Crippen LogP contribution in [0.2, 0.25) is 0 Å². The maximum atomic E-state index is 12.7. The molecule has 0 aliphatic carbocycles. The van der Waals surface area contributed by atoms with Crippen molar-refractivity contribution in [1.82, 2.24) is 10.6 Å². The molecule has 0 saturated carbocycles. The Bertz CT molecular complexity index is 881. The van der Waals surface area contributed by atoms with Crippen LogP contribution in [0.25, 0.3) is 6.08 Å². The minimum absolute atomic E-state index is 0.0706. The second-order valence-electron chi connectivity index (χ2n) is 7.38. The van der Waals surface area contributed by atoms with E-state index in [1.165, 1.54) is 0 Å². The summed E-state index contributed by atoms with van der Waals surface area (Å²) in [6.45, 7) is 3.58. The van der Waals surface area contributed by atoms with Crippen LogP contribution in [0.4, 0.5) is 4.79 Å². The number of hydrogen-bond acceptors (Lipinski definition) is 4. The minimum atomic E-state index is -1.15. The number of carbonyl (C=O) groups excluding carboxylic acids is 2. The normalized spacial score (nSPS) is 12.9. The third-order valence-electron chi connectivity index (χ3n) is 4.53. The molecular weight excluding hydrogens is 396 g/mol. The third kappa shape index (κ3) is 8.34. The SMILES string of the molecule is CC(C)[C@H](NC(=O)OCc1ccccc1)C(=O)N[C@@H](C/C=C/c1ccccc1)C(=O)O. The summed E-state index contributed by atoms with van der Waals surface area (Å²) in [5, 5.41) is 14.5. The Hall–Kier alpha value is -3.61. The number of carboxylic acid groups (broad SMARTS) is 1. The summed E-state index contributed by atoms with van der Waals surface area (Å²) in [4.78, 5) is 36.4. The van der Waals surface area contributed by atoms with E-state index < -0.39 is 30.1 Å². The molecule has 0 heterocycles. The molecule has 0 aliphatic rings. The van der Waals surface area contributed by atoms with E-state index in [1.54, 1.807) is 26.0 Å². The first-order valence-electron chi connectivity index (χ1n) is 10.1. The number of carboxylic acids is 1. The van der Waals surface area contributed by atoms with Gasteiger partial charge >= 0.3 is 12.1 Å². The van der Waals surface area contributed by atoms with Gasteiger partial charge in [0.1, 0.15) is 18.7 Å². The van der Waals surface area contributed by atoms with Gasteiger partial charge in [0.15, 0.2) is 0 Å². The molecule has 0 aliphatic heterocycles. The van der Waals surface area contributed by atoms with Crippen molar-refractivity contribution in [2.45, 2.75) is 39.0 Å². The maximum Gasteiger partial charge on any atom is 0.408 e. The lowest BCUT2D eigenvalue weighted by Crippen LogP contribution is -2.53. The van der Waals surface area contributed by atoms with Crippen LogP contribution in [0.3, 0.4) is 0 Å². The van der Waals surface area contributed by atoms with Crippen molar-refractivity contribution in [2.75, 3.05) is 0 Å². The second kappa shape index (κ2) is 12.2. The van der Waals surface area contributed by atoms with E-state index >= 15 is 0 Å². The number of nitrogens with one attached hydrogen (secondary N) is 2. The van der Waals surface area contributed by atoms with E-state index in [4.69, 9.17) is 4.74 Å². The number of amides is 2. The van der Waals surface area contributed by atoms with Crippen molar-refractivity contribution in [1.29, 1.82) is 0 Å². The standard InChI is InChI=1S/C24H28N2O5/c1-17(2)21(26-24(30)31-16-19-12-7-4-8-13-19)22(27)25-20(23(28)29)15-9-14-18-10-5-3-6-11-18/h3-14,17,20-21H,15-16H2,1-2H3,(H,25,27)(H,26,30)(H,28,29)/b14-9+/t20-,21-/m0/s1. The summed E-state index contributed by atoms with van der Waals surface area (Å²) in [5.74, 6) is -1.99. The van der Waals surface area contributed by atoms with Crippen LogP contribution in [0, 0.1) is 5.92 Å². The zero-order chi connectivity index (χ0) is 22.6.